The van der Waals surface area contributed by atoms with Crippen LogP contribution in [0.4, 0.5) is 13.2 Å². The molecule has 3 aliphatic rings. The summed E-state index contributed by atoms with van der Waals surface area (Å²) in [5.41, 5.74) is 16.9. The van der Waals surface area contributed by atoms with Crippen molar-refractivity contribution < 1.29 is 62.0 Å². The van der Waals surface area contributed by atoms with Gasteiger partial charge in [-0.2, -0.15) is 0 Å². The zero-order chi connectivity index (χ0) is 33.6. The predicted octanol–water partition coefficient (Wildman–Crippen LogP) is -1.60. The number of aliphatic hydroxyl groups is 4. The quantitative estimate of drug-likeness (QED) is 0.175. The normalized spacial score (nSPS) is 47.9. The third kappa shape index (κ3) is 8.36. The maximum absolute atomic E-state index is 13.6. The zero-order valence-electron chi connectivity index (χ0n) is 26.4. The summed E-state index contributed by atoms with van der Waals surface area (Å²) in [6.07, 6.45) is -8.86. The maximum atomic E-state index is 13.6. The number of hydrogen-bond donors (Lipinski definition) is 7. The molecular weight excluding hydrogens is 583 g/mol. The molecule has 43 heavy (non-hydrogen) atoms. The molecule has 10 N–H and O–H groups in total. The molecule has 3 aliphatic carbocycles. The van der Waals surface area contributed by atoms with Crippen LogP contribution in [0.1, 0.15) is 20.8 Å². The standard InChI is InChI=1S/C9H17F2NO3.C9H18FNO3.C9H19NO4/c1-4-5(13)6(14-2)7(15-3)8(12)9(4,10)11;1-4-5(10)6(11)8(13-2)9(14-3)7(4)12;1-4-6(11)5(10)8(13-2)9(14-3)7(4)12/h4-8,13H,12H2,1-3H3;4-9,12H,11H2,1-3H3;4-9,11-12H,10H2,1-3H3/t4-,5?,6+,7-,8+;4-,5?,6+,7?,8-,9-;4-,5+,6?,7?,8-,9-/m011/s1. The zero-order valence-corrected chi connectivity index (χ0v) is 26.4. The summed E-state index contributed by atoms with van der Waals surface area (Å²) >= 11 is 0. The van der Waals surface area contributed by atoms with Gasteiger partial charge in [0.1, 0.15) is 42.8 Å². The number of alkyl halides is 3. The summed E-state index contributed by atoms with van der Waals surface area (Å²) in [5, 5.41) is 38.9. The maximum Gasteiger partial charge on any atom is 0.270 e. The SMILES string of the molecule is CO[C@H]1[C@H](OC)C(O)[C@H](C)C(F)(F)[C@@H]1N.CO[C@H]1[C@H](OC)C(O)[C@H](C)C(F)[C@@H]1N.CO[C@H]1[C@H](OC)C(O)[C@H](C)C(O)[C@@H]1N. The molecule has 0 radical (unpaired) electrons. The van der Waals surface area contributed by atoms with Crippen molar-refractivity contribution in [3.8, 4) is 0 Å². The Hall–Kier alpha value is -0.730. The highest BCUT2D eigenvalue weighted by Gasteiger charge is 2.58. The van der Waals surface area contributed by atoms with Crippen LogP contribution in [0.25, 0.3) is 0 Å². The highest BCUT2D eigenvalue weighted by Crippen LogP contribution is 2.39. The van der Waals surface area contributed by atoms with Gasteiger partial charge in [-0.1, -0.05) is 20.8 Å². The van der Waals surface area contributed by atoms with E-state index in [4.69, 9.17) is 45.6 Å². The van der Waals surface area contributed by atoms with Gasteiger partial charge in [-0.15, -0.1) is 0 Å². The molecule has 3 fully saturated rings. The van der Waals surface area contributed by atoms with Crippen LogP contribution < -0.4 is 17.2 Å². The van der Waals surface area contributed by atoms with Gasteiger partial charge >= 0.3 is 0 Å². The van der Waals surface area contributed by atoms with Crippen molar-refractivity contribution in [2.45, 2.75) is 112 Å². The minimum Gasteiger partial charge on any atom is -0.391 e. The first kappa shape index (κ1) is 40.3. The fourth-order valence-corrected chi connectivity index (χ4v) is 6.01. The second-order valence-corrected chi connectivity index (χ2v) is 11.5. The van der Waals surface area contributed by atoms with Crippen molar-refractivity contribution in [3.05, 3.63) is 0 Å². The summed E-state index contributed by atoms with van der Waals surface area (Å²) in [4.78, 5) is 0. The van der Waals surface area contributed by atoms with Crippen LogP contribution in [0.15, 0.2) is 0 Å². The van der Waals surface area contributed by atoms with Gasteiger partial charge in [0.15, 0.2) is 0 Å². The Morgan fingerprint density at radius 3 is 1.26 bits per heavy atom. The molecule has 0 saturated heterocycles. The Kier molecular flexibility index (Phi) is 16.2. The Morgan fingerprint density at radius 1 is 0.512 bits per heavy atom. The highest BCUT2D eigenvalue weighted by atomic mass is 19.3. The predicted molar refractivity (Wildman–Crippen MR) is 150 cm³/mol. The highest BCUT2D eigenvalue weighted by molar-refractivity contribution is 5.05. The fourth-order valence-electron chi connectivity index (χ4n) is 6.01. The number of rotatable bonds is 6. The summed E-state index contributed by atoms with van der Waals surface area (Å²) < 4.78 is 70.9. The molecule has 0 amide bonds. The van der Waals surface area contributed by atoms with E-state index in [2.05, 4.69) is 0 Å². The second kappa shape index (κ2) is 17.3. The molecule has 0 bridgehead atoms. The van der Waals surface area contributed by atoms with E-state index in [1.807, 2.05) is 0 Å². The molecular formula is C27H54F3N3O10. The van der Waals surface area contributed by atoms with Crippen LogP contribution in [-0.2, 0) is 28.4 Å². The molecule has 16 heteroatoms. The number of nitrogens with two attached hydrogens (primary N) is 3. The molecule has 0 aromatic carbocycles. The van der Waals surface area contributed by atoms with Crippen LogP contribution in [0.5, 0.6) is 0 Å². The number of halogens is 3. The lowest BCUT2D eigenvalue weighted by Gasteiger charge is -2.45. The number of hydrogen-bond acceptors (Lipinski definition) is 13. The Morgan fingerprint density at radius 2 is 0.860 bits per heavy atom. The minimum atomic E-state index is -3.16. The lowest BCUT2D eigenvalue weighted by Crippen LogP contribution is -2.67. The van der Waals surface area contributed by atoms with Crippen LogP contribution in [0, 0.1) is 17.8 Å². The lowest BCUT2D eigenvalue weighted by atomic mass is 9.77. The average molecular weight is 638 g/mol. The Balaban J connectivity index is 0.000000323. The summed E-state index contributed by atoms with van der Waals surface area (Å²) in [6.45, 7) is 4.61. The Bertz CT molecular complexity index is 729. The molecule has 258 valence electrons. The Labute approximate surface area is 252 Å². The van der Waals surface area contributed by atoms with Crippen molar-refractivity contribution in [3.63, 3.8) is 0 Å². The first-order valence-electron chi connectivity index (χ1n) is 14.1. The van der Waals surface area contributed by atoms with Gasteiger partial charge in [0.25, 0.3) is 5.92 Å². The van der Waals surface area contributed by atoms with E-state index < -0.39 is 103 Å². The van der Waals surface area contributed by atoms with Gasteiger partial charge in [-0.25, -0.2) is 13.2 Å². The molecule has 3 saturated carbocycles. The average Bonchev–Trinajstić information content (AvgIpc) is 2.99. The monoisotopic (exact) mass is 637 g/mol. The molecule has 13 nitrogen and oxygen atoms in total. The van der Waals surface area contributed by atoms with Crippen molar-refractivity contribution in [1.29, 1.82) is 0 Å². The number of methoxy groups -OCH3 is 6. The van der Waals surface area contributed by atoms with E-state index >= 15 is 0 Å². The van der Waals surface area contributed by atoms with Gasteiger partial charge in [0.2, 0.25) is 0 Å². The third-order valence-electron chi connectivity index (χ3n) is 9.17. The van der Waals surface area contributed by atoms with E-state index in [-0.39, 0.29) is 5.92 Å². The summed E-state index contributed by atoms with van der Waals surface area (Å²) in [7, 11) is 8.49. The first-order valence-corrected chi connectivity index (χ1v) is 14.1. The van der Waals surface area contributed by atoms with E-state index in [0.717, 1.165) is 0 Å². The second-order valence-electron chi connectivity index (χ2n) is 11.5. The van der Waals surface area contributed by atoms with Crippen LogP contribution in [0.3, 0.4) is 0 Å². The van der Waals surface area contributed by atoms with Gasteiger partial charge in [0, 0.05) is 54.5 Å². The van der Waals surface area contributed by atoms with Crippen molar-refractivity contribution in [2.24, 2.45) is 35.0 Å². The fraction of sp³-hybridized carbons (Fsp3) is 1.00. The van der Waals surface area contributed by atoms with Gasteiger partial charge in [0.05, 0.1) is 48.5 Å². The summed E-state index contributed by atoms with van der Waals surface area (Å²) in [5.74, 6) is -5.23. The smallest absolute Gasteiger partial charge is 0.270 e. The summed E-state index contributed by atoms with van der Waals surface area (Å²) in [6, 6.07) is -2.74. The third-order valence-corrected chi connectivity index (χ3v) is 9.17. The largest absolute Gasteiger partial charge is 0.391 e. The van der Waals surface area contributed by atoms with E-state index in [1.165, 1.54) is 49.6 Å². The molecule has 0 aliphatic heterocycles. The first-order chi connectivity index (χ1) is 20.0. The number of aliphatic hydroxyl groups excluding tert-OH is 4. The molecule has 3 rings (SSSR count). The van der Waals surface area contributed by atoms with Crippen LogP contribution in [0.2, 0.25) is 0 Å². The lowest BCUT2D eigenvalue weighted by molar-refractivity contribution is -0.229. The van der Waals surface area contributed by atoms with Gasteiger partial charge in [-0.05, 0) is 0 Å². The number of ether oxygens (including phenoxy) is 6. The van der Waals surface area contributed by atoms with E-state index in [1.54, 1.807) is 13.8 Å². The molecule has 0 spiro atoms. The molecule has 5 unspecified atom stereocenters. The molecule has 0 heterocycles. The van der Waals surface area contributed by atoms with E-state index in [9.17, 15) is 33.6 Å². The van der Waals surface area contributed by atoms with Crippen molar-refractivity contribution in [2.75, 3.05) is 42.7 Å². The topological polar surface area (TPSA) is 214 Å². The molecule has 0 aromatic rings. The van der Waals surface area contributed by atoms with Crippen LogP contribution >= 0.6 is 0 Å². The molecule has 17 atom stereocenters. The van der Waals surface area contributed by atoms with Crippen molar-refractivity contribution in [1.82, 2.24) is 0 Å². The van der Waals surface area contributed by atoms with Gasteiger partial charge in [-0.3, -0.25) is 0 Å². The molecule has 0 aromatic heterocycles. The van der Waals surface area contributed by atoms with Crippen LogP contribution in [-0.4, -0.2) is 154 Å². The van der Waals surface area contributed by atoms with Crippen molar-refractivity contribution >= 4 is 0 Å². The van der Waals surface area contributed by atoms with Gasteiger partial charge < -0.3 is 66.0 Å². The minimum absolute atomic E-state index is 0.304. The van der Waals surface area contributed by atoms with E-state index in [0.29, 0.717) is 0 Å².